The Morgan fingerprint density at radius 1 is 1.57 bits per heavy atom. The number of allylic oxidation sites excluding steroid dienone is 1. The van der Waals surface area contributed by atoms with Crippen LogP contribution >= 0.6 is 0 Å². The Kier molecular flexibility index (Phi) is 7.12. The van der Waals surface area contributed by atoms with Crippen LogP contribution in [0.15, 0.2) is 40.0 Å². The Balaban J connectivity index is 2.71. The van der Waals surface area contributed by atoms with Crippen molar-refractivity contribution in [2.24, 2.45) is 0 Å². The van der Waals surface area contributed by atoms with Gasteiger partial charge >= 0.3 is 5.63 Å². The van der Waals surface area contributed by atoms with E-state index in [9.17, 15) is 14.7 Å². The zero-order valence-corrected chi connectivity index (χ0v) is 13.7. The number of rotatable bonds is 9. The summed E-state index contributed by atoms with van der Waals surface area (Å²) in [6, 6.07) is 1.35. The van der Waals surface area contributed by atoms with E-state index in [0.717, 1.165) is 6.42 Å². The molecule has 0 saturated carbocycles. The van der Waals surface area contributed by atoms with Crippen LogP contribution in [0.4, 0.5) is 0 Å². The summed E-state index contributed by atoms with van der Waals surface area (Å²) in [5.41, 5.74) is -1.06. The number of nitrogens with one attached hydrogen (secondary N) is 1. The second kappa shape index (κ2) is 8.82. The van der Waals surface area contributed by atoms with Crippen LogP contribution in [0.1, 0.15) is 55.1 Å². The summed E-state index contributed by atoms with van der Waals surface area (Å²) in [5.74, 6) is -0.00903. The van der Waals surface area contributed by atoms with Crippen LogP contribution in [0.3, 0.4) is 0 Å². The molecule has 0 aliphatic rings. The monoisotopic (exact) mass is 321 g/mol. The van der Waals surface area contributed by atoms with E-state index in [1.165, 1.54) is 13.2 Å². The number of hydrogen-bond acceptors (Lipinski definition) is 6. The number of aromatic hydroxyl groups is 1. The first kappa shape index (κ1) is 18.5. The first-order valence-electron chi connectivity index (χ1n) is 7.45. The van der Waals surface area contributed by atoms with E-state index in [-0.39, 0.29) is 23.7 Å². The molecule has 2 N–H and O–H groups in total. The zero-order chi connectivity index (χ0) is 17.4. The van der Waals surface area contributed by atoms with E-state index < -0.39 is 11.4 Å². The molecule has 1 heterocycles. The number of hydrogen-bond donors (Lipinski definition) is 2. The number of Topliss-reactive ketones (excluding diaryl/α,β-unsaturated/α-hetero) is 1. The maximum atomic E-state index is 11.9. The molecular weight excluding hydrogens is 298 g/mol. The maximum absolute atomic E-state index is 11.9. The minimum atomic E-state index is -0.785. The molecule has 0 bridgehead atoms. The van der Waals surface area contributed by atoms with Gasteiger partial charge in [-0.15, -0.1) is 0 Å². The van der Waals surface area contributed by atoms with Crippen LogP contribution in [-0.4, -0.2) is 18.0 Å². The highest BCUT2D eigenvalue weighted by molar-refractivity contribution is 5.97. The predicted molar refractivity (Wildman–Crippen MR) is 87.3 cm³/mol. The summed E-state index contributed by atoms with van der Waals surface area (Å²) in [6.07, 6.45) is 5.19. The van der Waals surface area contributed by atoms with Crippen LogP contribution in [0.25, 0.3) is 0 Å². The van der Waals surface area contributed by atoms with Crippen molar-refractivity contribution in [2.45, 2.75) is 39.0 Å². The Morgan fingerprint density at radius 2 is 2.26 bits per heavy atom. The molecule has 0 radical (unpaired) electrons. The minimum absolute atomic E-state index is 0.0744. The van der Waals surface area contributed by atoms with Crippen LogP contribution in [0.5, 0.6) is 5.75 Å². The Morgan fingerprint density at radius 3 is 2.83 bits per heavy atom. The van der Waals surface area contributed by atoms with E-state index in [1.807, 2.05) is 13.0 Å². The SMILES string of the molecule is C=C(N/C=C/CCC(C)c1cc(O)c(C(=O)CC)c(=O)o1)OC. The van der Waals surface area contributed by atoms with Crippen molar-refractivity contribution < 1.29 is 19.1 Å². The molecule has 0 fully saturated rings. The van der Waals surface area contributed by atoms with E-state index in [0.29, 0.717) is 18.1 Å². The summed E-state index contributed by atoms with van der Waals surface area (Å²) in [4.78, 5) is 23.5. The Labute approximate surface area is 135 Å². The van der Waals surface area contributed by atoms with E-state index in [2.05, 4.69) is 11.9 Å². The fraction of sp³-hybridized carbons (Fsp3) is 0.412. The van der Waals surface area contributed by atoms with Crippen LogP contribution in [-0.2, 0) is 4.74 Å². The average Bonchev–Trinajstić information content (AvgIpc) is 2.52. The van der Waals surface area contributed by atoms with Crippen molar-refractivity contribution >= 4 is 5.78 Å². The third kappa shape index (κ3) is 5.32. The second-order valence-electron chi connectivity index (χ2n) is 5.13. The molecule has 126 valence electrons. The number of methoxy groups -OCH3 is 1. The molecule has 1 aromatic heterocycles. The highest BCUT2D eigenvalue weighted by Crippen LogP contribution is 2.25. The predicted octanol–water partition coefficient (Wildman–Crippen LogP) is 3.04. The smallest absolute Gasteiger partial charge is 0.350 e. The van der Waals surface area contributed by atoms with Gasteiger partial charge in [0.2, 0.25) is 0 Å². The molecule has 0 amide bonds. The Hall–Kier alpha value is -2.50. The van der Waals surface area contributed by atoms with Crippen molar-refractivity contribution in [3.05, 3.63) is 52.5 Å². The maximum Gasteiger partial charge on any atom is 0.350 e. The standard InChI is InChI=1S/C17H23NO5/c1-5-13(19)16-14(20)10-15(23-17(16)21)11(2)8-6-7-9-18-12(3)22-4/h7,9-11,18,20H,3,5-6,8H2,1-2,4H3/b9-7+. The van der Waals surface area contributed by atoms with Gasteiger partial charge in [0, 0.05) is 18.4 Å². The summed E-state index contributed by atoms with van der Waals surface area (Å²) in [6.45, 7) is 7.12. The molecule has 1 rings (SSSR count). The van der Waals surface area contributed by atoms with Gasteiger partial charge in [-0.3, -0.25) is 4.79 Å². The van der Waals surface area contributed by atoms with Crippen molar-refractivity contribution in [1.82, 2.24) is 5.32 Å². The molecule has 0 spiro atoms. The van der Waals surface area contributed by atoms with Gasteiger partial charge in [-0.2, -0.15) is 0 Å². The fourth-order valence-electron chi connectivity index (χ4n) is 1.96. The van der Waals surface area contributed by atoms with Crippen LogP contribution in [0, 0.1) is 0 Å². The van der Waals surface area contributed by atoms with E-state index in [1.54, 1.807) is 13.1 Å². The molecule has 6 nitrogen and oxygen atoms in total. The summed E-state index contributed by atoms with van der Waals surface area (Å²) < 4.78 is 10.0. The molecule has 0 saturated heterocycles. The number of carbonyl (C=O) groups excluding carboxylic acids is 1. The van der Waals surface area contributed by atoms with Gasteiger partial charge in [-0.05, 0) is 25.6 Å². The van der Waals surface area contributed by atoms with Gasteiger partial charge in [0.15, 0.2) is 11.7 Å². The molecule has 0 aliphatic carbocycles. The topological polar surface area (TPSA) is 88.8 Å². The van der Waals surface area contributed by atoms with Crippen molar-refractivity contribution in [1.29, 1.82) is 0 Å². The molecule has 6 heteroatoms. The van der Waals surface area contributed by atoms with Crippen molar-refractivity contribution in [3.8, 4) is 5.75 Å². The minimum Gasteiger partial charge on any atom is -0.507 e. The summed E-state index contributed by atoms with van der Waals surface area (Å²) in [5, 5.41) is 12.7. The van der Waals surface area contributed by atoms with Gasteiger partial charge in [-0.25, -0.2) is 4.79 Å². The largest absolute Gasteiger partial charge is 0.507 e. The van der Waals surface area contributed by atoms with Gasteiger partial charge in [-0.1, -0.05) is 19.9 Å². The lowest BCUT2D eigenvalue weighted by Crippen LogP contribution is -2.15. The van der Waals surface area contributed by atoms with Crippen molar-refractivity contribution in [2.75, 3.05) is 7.11 Å². The van der Waals surface area contributed by atoms with Gasteiger partial charge in [0.1, 0.15) is 17.1 Å². The highest BCUT2D eigenvalue weighted by Gasteiger charge is 2.19. The molecule has 23 heavy (non-hydrogen) atoms. The third-order valence-electron chi connectivity index (χ3n) is 3.41. The molecule has 1 aromatic rings. The first-order chi connectivity index (χ1) is 10.9. The lowest BCUT2D eigenvalue weighted by molar-refractivity contribution is 0.0980. The quantitative estimate of drug-likeness (QED) is 0.537. The summed E-state index contributed by atoms with van der Waals surface area (Å²) >= 11 is 0. The molecule has 0 aromatic carbocycles. The highest BCUT2D eigenvalue weighted by atomic mass is 16.5. The second-order valence-corrected chi connectivity index (χ2v) is 5.13. The third-order valence-corrected chi connectivity index (χ3v) is 3.41. The molecule has 1 unspecified atom stereocenters. The van der Waals surface area contributed by atoms with E-state index >= 15 is 0 Å². The lowest BCUT2D eigenvalue weighted by Gasteiger charge is -2.10. The van der Waals surface area contributed by atoms with Crippen LogP contribution < -0.4 is 10.9 Å². The van der Waals surface area contributed by atoms with Crippen LogP contribution in [0.2, 0.25) is 0 Å². The van der Waals surface area contributed by atoms with Gasteiger partial charge < -0.3 is 19.6 Å². The molecule has 1 atom stereocenters. The number of carbonyl (C=O) groups is 1. The fourth-order valence-corrected chi connectivity index (χ4v) is 1.96. The lowest BCUT2D eigenvalue weighted by atomic mass is 10.0. The van der Waals surface area contributed by atoms with E-state index in [4.69, 9.17) is 9.15 Å². The van der Waals surface area contributed by atoms with Crippen molar-refractivity contribution in [3.63, 3.8) is 0 Å². The van der Waals surface area contributed by atoms with Gasteiger partial charge in [0.05, 0.1) is 7.11 Å². The molecular formula is C17H23NO5. The number of ketones is 1. The first-order valence-corrected chi connectivity index (χ1v) is 7.45. The Bertz CT molecular complexity index is 645. The zero-order valence-electron chi connectivity index (χ0n) is 13.7. The molecule has 0 aliphatic heterocycles. The normalized spacial score (nSPS) is 12.1. The van der Waals surface area contributed by atoms with Gasteiger partial charge in [0.25, 0.3) is 0 Å². The summed E-state index contributed by atoms with van der Waals surface area (Å²) in [7, 11) is 1.52. The number of ether oxygens (including phenoxy) is 1. The average molecular weight is 321 g/mol.